The van der Waals surface area contributed by atoms with Crippen molar-refractivity contribution in [2.75, 3.05) is 21.3 Å². The van der Waals surface area contributed by atoms with Crippen LogP contribution in [0.2, 0.25) is 0 Å². The maximum atomic E-state index is 12.6. The van der Waals surface area contributed by atoms with Gasteiger partial charge in [-0.1, -0.05) is 91.8 Å². The molecule has 0 saturated carbocycles. The molecule has 6 rings (SSSR count). The third-order valence-corrected chi connectivity index (χ3v) is 7.01. The Bertz CT molecular complexity index is 1930. The number of benzene rings is 2. The second kappa shape index (κ2) is 28.9. The summed E-state index contributed by atoms with van der Waals surface area (Å²) in [6, 6.07) is 26.2. The van der Waals surface area contributed by atoms with Gasteiger partial charge in [-0.3, -0.25) is 19.6 Å². The molecule has 56 heavy (non-hydrogen) atoms. The van der Waals surface area contributed by atoms with Gasteiger partial charge in [-0.05, 0) is 73.5 Å². The largest absolute Gasteiger partial charge is 0.378 e. The molecule has 2 aromatic carbocycles. The summed E-state index contributed by atoms with van der Waals surface area (Å²) in [6.45, 7) is 20.7. The molecule has 4 heterocycles. The molecule has 12 nitrogen and oxygen atoms in total. The topological polar surface area (TPSA) is 160 Å². The molecule has 0 spiro atoms. The minimum Gasteiger partial charge on any atom is -0.378 e. The van der Waals surface area contributed by atoms with Crippen molar-refractivity contribution in [3.63, 3.8) is 0 Å². The van der Waals surface area contributed by atoms with Crippen molar-refractivity contribution < 1.29 is 9.59 Å². The standard InChI is InChI=1S/2C18H17N5O.4C2H6/c1-13-16(20-11-14-7-9-19-10-8-14)17(22-12-21-13)18(24)23-15-5-3-2-4-6-15;1-13-16(18(24)23-15-5-3-2-4-6-15)17(22-12-21-13)20-11-14-7-9-19-10-8-14;4*1-2/h2-10,12,20H,11H2,1H3,(H,23,24);2-10,12H,11H2,1H3,(H,23,24)(H,20,21,22);4*1-2H3. The van der Waals surface area contributed by atoms with Gasteiger partial charge in [0, 0.05) is 49.3 Å². The lowest BCUT2D eigenvalue weighted by Crippen LogP contribution is -2.18. The molecule has 0 atom stereocenters. The molecular weight excluding hydrogens is 701 g/mol. The average Bonchev–Trinajstić information content (AvgIpc) is 3.27. The van der Waals surface area contributed by atoms with Gasteiger partial charge in [-0.2, -0.15) is 0 Å². The van der Waals surface area contributed by atoms with E-state index in [-0.39, 0.29) is 11.8 Å². The van der Waals surface area contributed by atoms with E-state index in [2.05, 4.69) is 51.2 Å². The summed E-state index contributed by atoms with van der Waals surface area (Å²) < 4.78 is 0. The Morgan fingerprint density at radius 2 is 0.929 bits per heavy atom. The highest BCUT2D eigenvalue weighted by Gasteiger charge is 2.18. The van der Waals surface area contributed by atoms with Crippen molar-refractivity contribution in [3.8, 4) is 0 Å². The molecular formula is C44H58N10O2. The fourth-order valence-electron chi connectivity index (χ4n) is 4.54. The van der Waals surface area contributed by atoms with Crippen LogP contribution in [0, 0.1) is 13.8 Å². The molecule has 4 N–H and O–H groups in total. The zero-order chi connectivity index (χ0) is 41.6. The van der Waals surface area contributed by atoms with Crippen molar-refractivity contribution in [2.24, 2.45) is 0 Å². The van der Waals surface area contributed by atoms with Gasteiger partial charge in [-0.15, -0.1) is 0 Å². The van der Waals surface area contributed by atoms with Crippen LogP contribution in [-0.2, 0) is 13.1 Å². The monoisotopic (exact) mass is 758 g/mol. The van der Waals surface area contributed by atoms with Gasteiger partial charge in [0.05, 0.1) is 17.1 Å². The van der Waals surface area contributed by atoms with Crippen LogP contribution in [0.15, 0.2) is 122 Å². The Morgan fingerprint density at radius 1 is 0.500 bits per heavy atom. The molecule has 0 saturated heterocycles. The number of carbonyl (C=O) groups excluding carboxylic acids is 2. The third kappa shape index (κ3) is 16.2. The number of hydrogen-bond acceptors (Lipinski definition) is 10. The number of amides is 2. The lowest BCUT2D eigenvalue weighted by molar-refractivity contribution is 0.101. The number of pyridine rings is 2. The zero-order valence-corrected chi connectivity index (χ0v) is 34.5. The van der Waals surface area contributed by atoms with Crippen LogP contribution < -0.4 is 21.3 Å². The van der Waals surface area contributed by atoms with Gasteiger partial charge in [0.1, 0.15) is 24.0 Å². The highest BCUT2D eigenvalue weighted by atomic mass is 16.2. The summed E-state index contributed by atoms with van der Waals surface area (Å²) >= 11 is 0. The first-order chi connectivity index (χ1) is 27.5. The van der Waals surface area contributed by atoms with Crippen molar-refractivity contribution in [3.05, 3.63) is 156 Å². The molecule has 0 aliphatic rings. The van der Waals surface area contributed by atoms with E-state index >= 15 is 0 Å². The second-order valence-corrected chi connectivity index (χ2v) is 10.4. The van der Waals surface area contributed by atoms with Crippen molar-refractivity contribution in [1.29, 1.82) is 0 Å². The van der Waals surface area contributed by atoms with E-state index in [1.165, 1.54) is 12.7 Å². The lowest BCUT2D eigenvalue weighted by atomic mass is 10.2. The molecule has 296 valence electrons. The van der Waals surface area contributed by atoms with Crippen LogP contribution in [0.3, 0.4) is 0 Å². The number of anilines is 4. The number of hydrogen-bond donors (Lipinski definition) is 4. The predicted octanol–water partition coefficient (Wildman–Crippen LogP) is 10.2. The molecule has 0 radical (unpaired) electrons. The van der Waals surface area contributed by atoms with Crippen LogP contribution in [0.5, 0.6) is 0 Å². The SMILES string of the molecule is CC.CC.CC.CC.Cc1ncnc(C(=O)Nc2ccccc2)c1NCc1ccncc1.Cc1ncnc(NCc2ccncc2)c1C(=O)Nc1ccccc1. The maximum absolute atomic E-state index is 12.6. The van der Waals surface area contributed by atoms with Gasteiger partial charge in [0.2, 0.25) is 0 Å². The lowest BCUT2D eigenvalue weighted by Gasteiger charge is -2.13. The minimum atomic E-state index is -0.274. The maximum Gasteiger partial charge on any atom is 0.276 e. The Hall–Kier alpha value is -6.56. The molecule has 12 heteroatoms. The van der Waals surface area contributed by atoms with Gasteiger partial charge >= 0.3 is 0 Å². The van der Waals surface area contributed by atoms with E-state index in [0.29, 0.717) is 41.5 Å². The fourth-order valence-corrected chi connectivity index (χ4v) is 4.54. The van der Waals surface area contributed by atoms with E-state index < -0.39 is 0 Å². The fraction of sp³-hybridized carbons (Fsp3) is 0.273. The molecule has 0 aliphatic carbocycles. The number of para-hydroxylation sites is 2. The molecule has 4 aromatic heterocycles. The molecule has 0 unspecified atom stereocenters. The smallest absolute Gasteiger partial charge is 0.276 e. The number of carbonyl (C=O) groups is 2. The Labute approximate surface area is 333 Å². The quantitative estimate of drug-likeness (QED) is 0.106. The third-order valence-electron chi connectivity index (χ3n) is 7.01. The van der Waals surface area contributed by atoms with E-state index in [0.717, 1.165) is 28.2 Å². The Morgan fingerprint density at radius 3 is 1.43 bits per heavy atom. The van der Waals surface area contributed by atoms with Crippen LogP contribution in [0.1, 0.15) is 98.8 Å². The molecule has 2 amide bonds. The van der Waals surface area contributed by atoms with Gasteiger partial charge < -0.3 is 21.3 Å². The number of aryl methyl sites for hydroxylation is 2. The number of nitrogens with one attached hydrogen (secondary N) is 4. The second-order valence-electron chi connectivity index (χ2n) is 10.4. The summed E-state index contributed by atoms with van der Waals surface area (Å²) in [5.41, 5.74) is 6.29. The van der Waals surface area contributed by atoms with Crippen LogP contribution >= 0.6 is 0 Å². The minimum absolute atomic E-state index is 0.239. The summed E-state index contributed by atoms with van der Waals surface area (Å²) in [7, 11) is 0. The highest BCUT2D eigenvalue weighted by Crippen LogP contribution is 2.20. The Kier molecular flexibility index (Phi) is 24.5. The zero-order valence-electron chi connectivity index (χ0n) is 34.5. The average molecular weight is 759 g/mol. The van der Waals surface area contributed by atoms with E-state index in [4.69, 9.17) is 0 Å². The first-order valence-corrected chi connectivity index (χ1v) is 19.1. The van der Waals surface area contributed by atoms with Crippen LogP contribution in [0.25, 0.3) is 0 Å². The molecule has 6 aromatic rings. The molecule has 0 aliphatic heterocycles. The van der Waals surface area contributed by atoms with Gasteiger partial charge in [0.25, 0.3) is 11.8 Å². The summed E-state index contributed by atoms with van der Waals surface area (Å²) in [6.07, 6.45) is 9.76. The normalized spacial score (nSPS) is 9.18. The Balaban J connectivity index is 0.000000476. The van der Waals surface area contributed by atoms with Crippen molar-refractivity contribution in [1.82, 2.24) is 29.9 Å². The summed E-state index contributed by atoms with van der Waals surface area (Å²) in [4.78, 5) is 49.8. The number of nitrogens with zero attached hydrogens (tertiary/aromatic N) is 6. The van der Waals surface area contributed by atoms with E-state index in [1.54, 1.807) is 31.7 Å². The summed E-state index contributed by atoms with van der Waals surface area (Å²) in [5, 5.41) is 12.2. The van der Waals surface area contributed by atoms with Crippen LogP contribution in [0.4, 0.5) is 22.9 Å². The van der Waals surface area contributed by atoms with Gasteiger partial charge in [-0.25, -0.2) is 19.9 Å². The highest BCUT2D eigenvalue weighted by molar-refractivity contribution is 6.08. The first kappa shape index (κ1) is 47.5. The van der Waals surface area contributed by atoms with E-state index in [9.17, 15) is 9.59 Å². The van der Waals surface area contributed by atoms with E-state index in [1.807, 2.05) is 147 Å². The number of aromatic nitrogens is 6. The van der Waals surface area contributed by atoms with Crippen molar-refractivity contribution >= 4 is 34.7 Å². The molecule has 0 fully saturated rings. The number of rotatable bonds is 10. The first-order valence-electron chi connectivity index (χ1n) is 19.1. The summed E-state index contributed by atoms with van der Waals surface area (Å²) in [5.74, 6) is -0.00630. The molecule has 0 bridgehead atoms. The predicted molar refractivity (Wildman–Crippen MR) is 231 cm³/mol. The van der Waals surface area contributed by atoms with Crippen LogP contribution in [-0.4, -0.2) is 41.7 Å². The van der Waals surface area contributed by atoms with Gasteiger partial charge in [0.15, 0.2) is 5.69 Å². The van der Waals surface area contributed by atoms with Crippen molar-refractivity contribution in [2.45, 2.75) is 82.3 Å².